The van der Waals surface area contributed by atoms with Crippen LogP contribution in [0, 0.1) is 13.8 Å². The molecule has 0 fully saturated rings. The lowest BCUT2D eigenvalue weighted by molar-refractivity contribution is 0.716. The fraction of sp³-hybridized carbons (Fsp3) is 0.381. The lowest BCUT2D eigenvalue weighted by atomic mass is 10.2. The highest BCUT2D eigenvalue weighted by Gasteiger charge is 2.06. The van der Waals surface area contributed by atoms with E-state index in [-0.39, 0.29) is 24.0 Å². The van der Waals surface area contributed by atoms with Gasteiger partial charge < -0.3 is 15.2 Å². The fourth-order valence-corrected chi connectivity index (χ4v) is 3.77. The van der Waals surface area contributed by atoms with Crippen molar-refractivity contribution in [2.24, 2.45) is 4.99 Å². The van der Waals surface area contributed by atoms with E-state index in [4.69, 9.17) is 4.99 Å². The summed E-state index contributed by atoms with van der Waals surface area (Å²) in [5.41, 5.74) is 2.38. The maximum atomic E-state index is 4.71. The van der Waals surface area contributed by atoms with Crippen LogP contribution in [0.4, 0.5) is 0 Å². The second-order valence-corrected chi connectivity index (χ2v) is 7.87. The Morgan fingerprint density at radius 1 is 1.17 bits per heavy atom. The number of nitrogens with zero attached hydrogens (tertiary/aromatic N) is 4. The smallest absolute Gasteiger partial charge is 0.191 e. The highest BCUT2D eigenvalue weighted by atomic mass is 127. The summed E-state index contributed by atoms with van der Waals surface area (Å²) in [5, 5.41) is 7.86. The van der Waals surface area contributed by atoms with Gasteiger partial charge in [-0.25, -0.2) is 15.0 Å². The summed E-state index contributed by atoms with van der Waals surface area (Å²) in [6.45, 7) is 9.21. The summed E-state index contributed by atoms with van der Waals surface area (Å²) >= 11 is 1.77. The molecular formula is C21H29IN6S. The number of benzene rings is 1. The maximum absolute atomic E-state index is 4.71. The topological polar surface area (TPSA) is 67.1 Å². The number of hydrogen-bond acceptors (Lipinski definition) is 4. The van der Waals surface area contributed by atoms with Crippen LogP contribution < -0.4 is 10.6 Å². The first-order valence-electron chi connectivity index (χ1n) is 9.64. The zero-order valence-corrected chi connectivity index (χ0v) is 20.3. The molecule has 3 aromatic rings. The average molecular weight is 524 g/mol. The first kappa shape index (κ1) is 23.3. The Kier molecular flexibility index (Phi) is 9.59. The molecule has 0 saturated carbocycles. The van der Waals surface area contributed by atoms with Gasteiger partial charge in [0.05, 0.1) is 10.7 Å². The zero-order valence-electron chi connectivity index (χ0n) is 17.2. The number of aryl methyl sites for hydroxylation is 2. The highest BCUT2D eigenvalue weighted by molar-refractivity contribution is 14.0. The molecule has 0 aliphatic heterocycles. The molecule has 0 radical (unpaired) electrons. The maximum Gasteiger partial charge on any atom is 0.191 e. The number of imidazole rings is 1. The molecule has 2 heterocycles. The third kappa shape index (κ3) is 7.11. The van der Waals surface area contributed by atoms with Crippen LogP contribution in [0.5, 0.6) is 0 Å². The molecule has 156 valence electrons. The van der Waals surface area contributed by atoms with Crippen molar-refractivity contribution in [1.82, 2.24) is 25.2 Å². The van der Waals surface area contributed by atoms with E-state index in [9.17, 15) is 0 Å². The van der Waals surface area contributed by atoms with Crippen LogP contribution >= 0.6 is 35.3 Å². The Balaban J connectivity index is 0.00000300. The minimum absolute atomic E-state index is 0. The van der Waals surface area contributed by atoms with Gasteiger partial charge in [0, 0.05) is 43.3 Å². The van der Waals surface area contributed by atoms with Crippen molar-refractivity contribution in [3.63, 3.8) is 0 Å². The van der Waals surface area contributed by atoms with Gasteiger partial charge in [0.2, 0.25) is 0 Å². The quantitative estimate of drug-likeness (QED) is 0.266. The van der Waals surface area contributed by atoms with Gasteiger partial charge in [-0.1, -0.05) is 30.3 Å². The molecule has 0 atom stereocenters. The Morgan fingerprint density at radius 3 is 2.66 bits per heavy atom. The van der Waals surface area contributed by atoms with Gasteiger partial charge in [-0.05, 0) is 26.3 Å². The molecule has 0 unspecified atom stereocenters. The second kappa shape index (κ2) is 11.9. The predicted octanol–water partition coefficient (Wildman–Crippen LogP) is 3.92. The number of halogens is 1. The number of guanidine groups is 1. The lowest BCUT2D eigenvalue weighted by Crippen LogP contribution is -2.38. The van der Waals surface area contributed by atoms with Gasteiger partial charge >= 0.3 is 0 Å². The van der Waals surface area contributed by atoms with Crippen LogP contribution in [0.25, 0.3) is 0 Å². The Hall–Kier alpha value is -1.94. The number of nitrogens with one attached hydrogen (secondary N) is 2. The van der Waals surface area contributed by atoms with Crippen molar-refractivity contribution in [1.29, 1.82) is 0 Å². The first-order valence-corrected chi connectivity index (χ1v) is 10.5. The third-order valence-electron chi connectivity index (χ3n) is 4.42. The van der Waals surface area contributed by atoms with Crippen LogP contribution in [0.1, 0.15) is 33.9 Å². The van der Waals surface area contributed by atoms with E-state index in [0.29, 0.717) is 6.54 Å². The first-order chi connectivity index (χ1) is 13.7. The zero-order chi connectivity index (χ0) is 19.8. The van der Waals surface area contributed by atoms with Crippen molar-refractivity contribution in [3.05, 3.63) is 69.7 Å². The van der Waals surface area contributed by atoms with Crippen molar-refractivity contribution in [2.45, 2.75) is 40.3 Å². The van der Waals surface area contributed by atoms with Crippen molar-refractivity contribution in [2.75, 3.05) is 13.1 Å². The molecule has 0 spiro atoms. The Bertz CT molecular complexity index is 884. The molecule has 0 saturated heterocycles. The number of hydrogen-bond donors (Lipinski definition) is 2. The van der Waals surface area contributed by atoms with Gasteiger partial charge in [0.15, 0.2) is 5.96 Å². The number of aromatic nitrogens is 3. The molecule has 8 heteroatoms. The predicted molar refractivity (Wildman–Crippen MR) is 131 cm³/mol. The molecular weight excluding hydrogens is 495 g/mol. The largest absolute Gasteiger partial charge is 0.357 e. The van der Waals surface area contributed by atoms with E-state index in [1.165, 1.54) is 10.4 Å². The normalized spacial score (nSPS) is 11.2. The summed E-state index contributed by atoms with van der Waals surface area (Å²) < 4.78 is 2.14. The molecule has 0 aliphatic rings. The molecule has 1 aromatic carbocycles. The highest BCUT2D eigenvalue weighted by Crippen LogP contribution is 2.16. The molecule has 6 nitrogen and oxygen atoms in total. The minimum Gasteiger partial charge on any atom is -0.357 e. The third-order valence-corrected chi connectivity index (χ3v) is 5.56. The van der Waals surface area contributed by atoms with Gasteiger partial charge in [0.1, 0.15) is 12.4 Å². The van der Waals surface area contributed by atoms with Gasteiger partial charge in [-0.15, -0.1) is 35.3 Å². The van der Waals surface area contributed by atoms with Crippen molar-refractivity contribution < 1.29 is 0 Å². The van der Waals surface area contributed by atoms with E-state index in [0.717, 1.165) is 48.5 Å². The van der Waals surface area contributed by atoms with Gasteiger partial charge in [-0.2, -0.15) is 0 Å². The summed E-state index contributed by atoms with van der Waals surface area (Å²) in [6, 6.07) is 10.4. The van der Waals surface area contributed by atoms with E-state index in [2.05, 4.69) is 70.2 Å². The molecule has 0 bridgehead atoms. The molecule has 29 heavy (non-hydrogen) atoms. The number of thiazole rings is 1. The van der Waals surface area contributed by atoms with Crippen LogP contribution in [0.15, 0.2) is 47.7 Å². The standard InChI is InChI=1S/C21H28N6S.HI/c1-4-22-21(24-11-10-20-26-16(2)17(3)28-20)25-14-19-23-12-13-27(19)15-18-8-6-5-7-9-18;/h5-9,12-13H,4,10-11,14-15H2,1-3H3,(H2,22,24,25);1H. The summed E-state index contributed by atoms with van der Waals surface area (Å²) in [4.78, 5) is 15.1. The molecule has 0 aliphatic carbocycles. The summed E-state index contributed by atoms with van der Waals surface area (Å²) in [5.74, 6) is 1.76. The van der Waals surface area contributed by atoms with E-state index in [1.807, 2.05) is 18.5 Å². The fourth-order valence-electron chi connectivity index (χ4n) is 2.84. The summed E-state index contributed by atoms with van der Waals surface area (Å²) in [7, 11) is 0. The Morgan fingerprint density at radius 2 is 1.97 bits per heavy atom. The Labute approximate surface area is 193 Å². The molecule has 3 rings (SSSR count). The van der Waals surface area contributed by atoms with Gasteiger partial charge in [0.25, 0.3) is 0 Å². The van der Waals surface area contributed by atoms with Crippen molar-refractivity contribution in [3.8, 4) is 0 Å². The average Bonchev–Trinajstić information content (AvgIpc) is 3.26. The lowest BCUT2D eigenvalue weighted by Gasteiger charge is -2.11. The van der Waals surface area contributed by atoms with Crippen LogP contribution in [-0.4, -0.2) is 33.6 Å². The second-order valence-electron chi connectivity index (χ2n) is 6.58. The van der Waals surface area contributed by atoms with Crippen molar-refractivity contribution >= 4 is 41.3 Å². The van der Waals surface area contributed by atoms with E-state index >= 15 is 0 Å². The minimum atomic E-state index is 0. The monoisotopic (exact) mass is 524 g/mol. The van der Waals surface area contributed by atoms with Gasteiger partial charge in [-0.3, -0.25) is 0 Å². The summed E-state index contributed by atoms with van der Waals surface area (Å²) in [6.07, 6.45) is 4.74. The van der Waals surface area contributed by atoms with Crippen LogP contribution in [-0.2, 0) is 19.5 Å². The van der Waals surface area contributed by atoms with E-state index < -0.39 is 0 Å². The van der Waals surface area contributed by atoms with Crippen LogP contribution in [0.3, 0.4) is 0 Å². The molecule has 0 amide bonds. The molecule has 2 N–H and O–H groups in total. The SMILES string of the molecule is CCNC(=NCc1nccn1Cc1ccccc1)NCCc1nc(C)c(C)s1.I. The van der Waals surface area contributed by atoms with E-state index in [1.54, 1.807) is 11.3 Å². The number of aliphatic imine (C=N–C) groups is 1. The number of rotatable bonds is 8. The van der Waals surface area contributed by atoms with Crippen LogP contribution in [0.2, 0.25) is 0 Å². The molecule has 2 aromatic heterocycles.